The molecule has 1 atom stereocenters. The van der Waals surface area contributed by atoms with Crippen molar-refractivity contribution in [1.29, 1.82) is 0 Å². The number of nitrogens with zero attached hydrogens (tertiary/aromatic N) is 3. The molecular weight excluding hydrogens is 270 g/mol. The maximum atomic E-state index is 11.8. The van der Waals surface area contributed by atoms with Gasteiger partial charge in [-0.25, -0.2) is 14.8 Å². The van der Waals surface area contributed by atoms with Crippen molar-refractivity contribution in [3.63, 3.8) is 0 Å². The summed E-state index contributed by atoms with van der Waals surface area (Å²) in [4.78, 5) is 32.8. The summed E-state index contributed by atoms with van der Waals surface area (Å²) in [6, 6.07) is 0. The zero-order valence-corrected chi connectivity index (χ0v) is 11.3. The van der Waals surface area contributed by atoms with Crippen LogP contribution >= 0.6 is 11.6 Å². The molecule has 1 aliphatic rings. The number of halogens is 1. The second-order valence-corrected chi connectivity index (χ2v) is 4.53. The van der Waals surface area contributed by atoms with Gasteiger partial charge in [0.15, 0.2) is 0 Å². The largest absolute Gasteiger partial charge is 0.462 e. The Balaban J connectivity index is 2.10. The van der Waals surface area contributed by atoms with Gasteiger partial charge in [0.2, 0.25) is 11.9 Å². The molecule has 0 bridgehead atoms. The number of carbonyl (C=O) groups excluding carboxylic acids is 2. The summed E-state index contributed by atoms with van der Waals surface area (Å²) in [7, 11) is 0. The second kappa shape index (κ2) is 5.97. The molecule has 7 heteroatoms. The maximum absolute atomic E-state index is 11.8. The smallest absolute Gasteiger partial charge is 0.341 e. The highest BCUT2D eigenvalue weighted by Crippen LogP contribution is 2.22. The van der Waals surface area contributed by atoms with Crippen LogP contribution in [0.25, 0.3) is 0 Å². The SMILES string of the molecule is CCOC(=O)c1cnc(N2CC(CCl)CC2=O)nc1. The van der Waals surface area contributed by atoms with Gasteiger partial charge in [-0.2, -0.15) is 0 Å². The van der Waals surface area contributed by atoms with E-state index >= 15 is 0 Å². The Hall–Kier alpha value is -1.69. The van der Waals surface area contributed by atoms with Crippen molar-refractivity contribution in [3.05, 3.63) is 18.0 Å². The van der Waals surface area contributed by atoms with Gasteiger partial charge in [0.05, 0.1) is 12.2 Å². The van der Waals surface area contributed by atoms with E-state index in [0.717, 1.165) is 0 Å². The first-order valence-corrected chi connectivity index (χ1v) is 6.54. The van der Waals surface area contributed by atoms with Gasteiger partial charge in [0, 0.05) is 31.2 Å². The first-order chi connectivity index (χ1) is 9.15. The highest BCUT2D eigenvalue weighted by Gasteiger charge is 2.31. The third kappa shape index (κ3) is 3.01. The third-order valence-electron chi connectivity index (χ3n) is 2.81. The molecule has 1 fully saturated rings. The molecule has 0 saturated carbocycles. The average Bonchev–Trinajstić information content (AvgIpc) is 2.80. The van der Waals surface area contributed by atoms with E-state index in [9.17, 15) is 9.59 Å². The molecule has 1 aliphatic heterocycles. The minimum Gasteiger partial charge on any atom is -0.462 e. The van der Waals surface area contributed by atoms with E-state index in [4.69, 9.17) is 16.3 Å². The highest BCUT2D eigenvalue weighted by atomic mass is 35.5. The topological polar surface area (TPSA) is 72.4 Å². The lowest BCUT2D eigenvalue weighted by molar-refractivity contribution is -0.117. The minimum absolute atomic E-state index is 0.0467. The predicted octanol–water partition coefficient (Wildman–Crippen LogP) is 1.24. The molecule has 1 unspecified atom stereocenters. The number of alkyl halides is 1. The quantitative estimate of drug-likeness (QED) is 0.614. The Bertz CT molecular complexity index is 478. The van der Waals surface area contributed by atoms with Gasteiger partial charge >= 0.3 is 5.97 Å². The molecule has 0 spiro atoms. The monoisotopic (exact) mass is 283 g/mol. The van der Waals surface area contributed by atoms with E-state index in [-0.39, 0.29) is 17.4 Å². The fourth-order valence-corrected chi connectivity index (χ4v) is 2.07. The molecule has 2 rings (SSSR count). The molecule has 6 nitrogen and oxygen atoms in total. The maximum Gasteiger partial charge on any atom is 0.341 e. The van der Waals surface area contributed by atoms with E-state index in [1.54, 1.807) is 6.92 Å². The number of esters is 1. The van der Waals surface area contributed by atoms with Crippen molar-refractivity contribution in [1.82, 2.24) is 9.97 Å². The lowest BCUT2D eigenvalue weighted by Gasteiger charge is -2.13. The summed E-state index contributed by atoms with van der Waals surface area (Å²) in [5.41, 5.74) is 0.270. The van der Waals surface area contributed by atoms with Crippen LogP contribution in [0.5, 0.6) is 0 Å². The number of anilines is 1. The fourth-order valence-electron chi connectivity index (χ4n) is 1.86. The van der Waals surface area contributed by atoms with Crippen molar-refractivity contribution >= 4 is 29.4 Å². The van der Waals surface area contributed by atoms with Gasteiger partial charge < -0.3 is 4.74 Å². The average molecular weight is 284 g/mol. The predicted molar refractivity (Wildman–Crippen MR) is 69.2 cm³/mol. The second-order valence-electron chi connectivity index (χ2n) is 4.22. The molecule has 1 aromatic heterocycles. The van der Waals surface area contributed by atoms with Crippen LogP contribution in [0, 0.1) is 5.92 Å². The van der Waals surface area contributed by atoms with Crippen LogP contribution < -0.4 is 4.90 Å². The summed E-state index contributed by atoms with van der Waals surface area (Å²) in [6.45, 7) is 2.53. The van der Waals surface area contributed by atoms with Gasteiger partial charge in [-0.1, -0.05) is 0 Å². The standard InChI is InChI=1S/C12H14ClN3O3/c1-2-19-11(18)9-5-14-12(15-6-9)16-7-8(4-13)3-10(16)17/h5-6,8H,2-4,7H2,1H3. The fraction of sp³-hybridized carbons (Fsp3) is 0.500. The number of aromatic nitrogens is 2. The lowest BCUT2D eigenvalue weighted by Crippen LogP contribution is -2.27. The van der Waals surface area contributed by atoms with Crippen molar-refractivity contribution in [2.45, 2.75) is 13.3 Å². The number of ether oxygens (including phenoxy) is 1. The molecule has 1 amide bonds. The number of amides is 1. The van der Waals surface area contributed by atoms with E-state index < -0.39 is 5.97 Å². The Morgan fingerprint density at radius 3 is 2.74 bits per heavy atom. The number of carbonyl (C=O) groups is 2. The summed E-state index contributed by atoms with van der Waals surface area (Å²) >= 11 is 5.75. The molecule has 1 aromatic rings. The first kappa shape index (κ1) is 13.7. The van der Waals surface area contributed by atoms with E-state index in [2.05, 4.69) is 9.97 Å². The summed E-state index contributed by atoms with van der Waals surface area (Å²) in [5, 5.41) is 0. The summed E-state index contributed by atoms with van der Waals surface area (Å²) < 4.78 is 4.83. The van der Waals surface area contributed by atoms with Gasteiger partial charge in [-0.15, -0.1) is 11.6 Å². The van der Waals surface area contributed by atoms with Gasteiger partial charge in [0.25, 0.3) is 0 Å². The summed E-state index contributed by atoms with van der Waals surface area (Å²) in [5.74, 6) is 0.339. The van der Waals surface area contributed by atoms with E-state index in [1.807, 2.05) is 0 Å². The number of rotatable bonds is 4. The van der Waals surface area contributed by atoms with Crippen LogP contribution in [0.2, 0.25) is 0 Å². The highest BCUT2D eigenvalue weighted by molar-refractivity contribution is 6.18. The minimum atomic E-state index is -0.472. The lowest BCUT2D eigenvalue weighted by atomic mass is 10.2. The van der Waals surface area contributed by atoms with Crippen molar-refractivity contribution in [2.24, 2.45) is 5.92 Å². The molecule has 0 aromatic carbocycles. The molecule has 1 saturated heterocycles. The van der Waals surface area contributed by atoms with Crippen LogP contribution in [0.1, 0.15) is 23.7 Å². The van der Waals surface area contributed by atoms with Gasteiger partial charge in [0.1, 0.15) is 0 Å². The van der Waals surface area contributed by atoms with Crippen LogP contribution in [0.4, 0.5) is 5.95 Å². The van der Waals surface area contributed by atoms with Crippen molar-refractivity contribution in [2.75, 3.05) is 23.9 Å². The first-order valence-electron chi connectivity index (χ1n) is 6.01. The normalized spacial score (nSPS) is 18.7. The molecule has 0 N–H and O–H groups in total. The van der Waals surface area contributed by atoms with E-state index in [1.165, 1.54) is 17.3 Å². The van der Waals surface area contributed by atoms with Crippen LogP contribution in [0.15, 0.2) is 12.4 Å². The zero-order chi connectivity index (χ0) is 13.8. The molecule has 19 heavy (non-hydrogen) atoms. The Labute approximate surface area is 115 Å². The number of hydrogen-bond donors (Lipinski definition) is 0. The molecule has 102 valence electrons. The third-order valence-corrected chi connectivity index (χ3v) is 3.25. The zero-order valence-electron chi connectivity index (χ0n) is 10.5. The van der Waals surface area contributed by atoms with Crippen LogP contribution in [-0.4, -0.2) is 40.9 Å². The Kier molecular flexibility index (Phi) is 4.31. The van der Waals surface area contributed by atoms with E-state index in [0.29, 0.717) is 31.4 Å². The van der Waals surface area contributed by atoms with Crippen molar-refractivity contribution in [3.8, 4) is 0 Å². The molecule has 0 aliphatic carbocycles. The summed E-state index contributed by atoms with van der Waals surface area (Å²) in [6.07, 6.45) is 3.13. The molecular formula is C12H14ClN3O3. The van der Waals surface area contributed by atoms with Gasteiger partial charge in [-0.05, 0) is 12.8 Å². The Morgan fingerprint density at radius 1 is 1.53 bits per heavy atom. The van der Waals surface area contributed by atoms with Crippen LogP contribution in [0.3, 0.4) is 0 Å². The van der Waals surface area contributed by atoms with Crippen molar-refractivity contribution < 1.29 is 14.3 Å². The molecule has 0 radical (unpaired) electrons. The number of hydrogen-bond acceptors (Lipinski definition) is 5. The van der Waals surface area contributed by atoms with Gasteiger partial charge in [-0.3, -0.25) is 9.69 Å². The Morgan fingerprint density at radius 2 is 2.21 bits per heavy atom. The molecule has 2 heterocycles. The van der Waals surface area contributed by atoms with Crippen LogP contribution in [-0.2, 0) is 9.53 Å².